The highest BCUT2D eigenvalue weighted by Crippen LogP contribution is 2.25. The summed E-state index contributed by atoms with van der Waals surface area (Å²) in [6.45, 7) is 7.97. The van der Waals surface area contributed by atoms with Crippen LogP contribution in [-0.2, 0) is 0 Å². The first kappa shape index (κ1) is 16.2. The maximum atomic E-state index is 5.49. The molecule has 6 nitrogen and oxygen atoms in total. The number of anilines is 1. The molecule has 3 heterocycles. The van der Waals surface area contributed by atoms with Gasteiger partial charge in [-0.25, -0.2) is 4.98 Å². The minimum absolute atomic E-state index is 0.355. The first-order chi connectivity index (χ1) is 12.2. The smallest absolute Gasteiger partial charge is 0.322 e. The maximum Gasteiger partial charge on any atom is 0.324 e. The lowest BCUT2D eigenvalue weighted by Gasteiger charge is -2.36. The molecular weight excluding hydrogens is 334 g/mol. The zero-order chi connectivity index (χ0) is 17.2. The van der Waals surface area contributed by atoms with Gasteiger partial charge in [0.05, 0.1) is 6.04 Å². The molecule has 7 heteroatoms. The zero-order valence-electron chi connectivity index (χ0n) is 14.4. The fourth-order valence-electron chi connectivity index (χ4n) is 3.06. The number of benzene rings is 1. The van der Waals surface area contributed by atoms with E-state index in [1.807, 2.05) is 23.7 Å². The fraction of sp³-hybridized carbons (Fsp3) is 0.389. The molecule has 2 aromatic heterocycles. The van der Waals surface area contributed by atoms with Crippen molar-refractivity contribution < 1.29 is 4.52 Å². The van der Waals surface area contributed by atoms with Crippen LogP contribution >= 0.6 is 11.3 Å². The molecule has 0 saturated carbocycles. The van der Waals surface area contributed by atoms with E-state index in [-0.39, 0.29) is 0 Å². The molecule has 0 radical (unpaired) electrons. The van der Waals surface area contributed by atoms with Gasteiger partial charge < -0.3 is 9.42 Å². The zero-order valence-corrected chi connectivity index (χ0v) is 15.2. The Morgan fingerprint density at radius 1 is 1.12 bits per heavy atom. The highest BCUT2D eigenvalue weighted by Gasteiger charge is 2.26. The van der Waals surface area contributed by atoms with Crippen molar-refractivity contribution in [2.75, 3.05) is 31.1 Å². The average molecular weight is 355 g/mol. The Balaban J connectivity index is 1.40. The van der Waals surface area contributed by atoms with E-state index >= 15 is 0 Å². The SMILES string of the molecule is Cc1ccc(-c2noc(N3CCN(C(C)c4nccs4)CC3)n2)cc1. The van der Waals surface area contributed by atoms with Crippen LogP contribution in [-0.4, -0.2) is 46.2 Å². The number of hydrogen-bond acceptors (Lipinski definition) is 7. The normalized spacial score (nSPS) is 17.0. The first-order valence-electron chi connectivity index (χ1n) is 8.50. The van der Waals surface area contributed by atoms with Crippen LogP contribution in [0, 0.1) is 6.92 Å². The third-order valence-electron chi connectivity index (χ3n) is 4.67. The van der Waals surface area contributed by atoms with Crippen LogP contribution in [0.3, 0.4) is 0 Å². The van der Waals surface area contributed by atoms with E-state index in [2.05, 4.69) is 50.9 Å². The summed E-state index contributed by atoms with van der Waals surface area (Å²) < 4.78 is 5.49. The average Bonchev–Trinajstić information content (AvgIpc) is 3.34. The van der Waals surface area contributed by atoms with Crippen molar-refractivity contribution in [3.8, 4) is 11.4 Å². The summed E-state index contributed by atoms with van der Waals surface area (Å²) in [5.74, 6) is 0.647. The Kier molecular flexibility index (Phi) is 4.50. The van der Waals surface area contributed by atoms with Gasteiger partial charge in [-0.05, 0) is 13.8 Å². The Morgan fingerprint density at radius 2 is 1.88 bits per heavy atom. The van der Waals surface area contributed by atoms with Crippen molar-refractivity contribution in [2.45, 2.75) is 19.9 Å². The minimum Gasteiger partial charge on any atom is -0.322 e. The van der Waals surface area contributed by atoms with Crippen LogP contribution in [0.1, 0.15) is 23.5 Å². The molecule has 3 aromatic rings. The van der Waals surface area contributed by atoms with E-state index in [1.54, 1.807) is 11.3 Å². The van der Waals surface area contributed by atoms with Crippen LogP contribution in [0.4, 0.5) is 6.01 Å². The van der Waals surface area contributed by atoms with E-state index in [0.717, 1.165) is 31.7 Å². The summed E-state index contributed by atoms with van der Waals surface area (Å²) in [7, 11) is 0. The Labute approximate surface area is 151 Å². The van der Waals surface area contributed by atoms with E-state index in [0.29, 0.717) is 17.9 Å². The first-order valence-corrected chi connectivity index (χ1v) is 9.38. The van der Waals surface area contributed by atoms with E-state index in [1.165, 1.54) is 10.6 Å². The van der Waals surface area contributed by atoms with Gasteiger partial charge in [0.15, 0.2) is 0 Å². The van der Waals surface area contributed by atoms with Crippen LogP contribution in [0.5, 0.6) is 0 Å². The molecule has 1 fully saturated rings. The highest BCUT2D eigenvalue weighted by atomic mass is 32.1. The van der Waals surface area contributed by atoms with Gasteiger partial charge in [-0.3, -0.25) is 4.90 Å². The van der Waals surface area contributed by atoms with Gasteiger partial charge in [0.1, 0.15) is 5.01 Å². The van der Waals surface area contributed by atoms with Crippen LogP contribution in [0.15, 0.2) is 40.4 Å². The monoisotopic (exact) mass is 355 g/mol. The molecule has 1 aliphatic heterocycles. The van der Waals surface area contributed by atoms with Gasteiger partial charge in [0.25, 0.3) is 0 Å². The molecule has 0 bridgehead atoms. The molecule has 1 atom stereocenters. The number of thiazole rings is 1. The minimum atomic E-state index is 0.355. The fourth-order valence-corrected chi connectivity index (χ4v) is 3.79. The second-order valence-corrected chi connectivity index (χ2v) is 7.26. The number of aromatic nitrogens is 3. The second-order valence-electron chi connectivity index (χ2n) is 6.34. The standard InChI is InChI=1S/C18H21N5OS/c1-13-3-5-15(6-4-13)16-20-18(24-21-16)23-10-8-22(9-11-23)14(2)17-19-7-12-25-17/h3-7,12,14H,8-11H2,1-2H3. The number of hydrogen-bond donors (Lipinski definition) is 0. The van der Waals surface area contributed by atoms with Gasteiger partial charge in [0, 0.05) is 43.3 Å². The largest absolute Gasteiger partial charge is 0.324 e. The number of rotatable bonds is 4. The summed E-state index contributed by atoms with van der Waals surface area (Å²) in [5, 5.41) is 7.35. The van der Waals surface area contributed by atoms with E-state index < -0.39 is 0 Å². The Bertz CT molecular complexity index is 806. The molecule has 4 rings (SSSR count). The molecule has 130 valence electrons. The molecule has 1 unspecified atom stereocenters. The number of piperazine rings is 1. The second kappa shape index (κ2) is 6.93. The van der Waals surface area contributed by atoms with Gasteiger partial charge in [0.2, 0.25) is 5.82 Å². The molecule has 1 aromatic carbocycles. The van der Waals surface area contributed by atoms with Gasteiger partial charge in [-0.2, -0.15) is 4.98 Å². The van der Waals surface area contributed by atoms with Crippen LogP contribution < -0.4 is 4.90 Å². The molecule has 0 N–H and O–H groups in total. The predicted octanol–water partition coefficient (Wildman–Crippen LogP) is 3.38. The quantitative estimate of drug-likeness (QED) is 0.715. The molecule has 0 spiro atoms. The molecule has 0 aliphatic carbocycles. The van der Waals surface area contributed by atoms with Crippen molar-refractivity contribution in [1.82, 2.24) is 20.0 Å². The van der Waals surface area contributed by atoms with Crippen molar-refractivity contribution in [1.29, 1.82) is 0 Å². The topological polar surface area (TPSA) is 58.3 Å². The summed E-state index contributed by atoms with van der Waals surface area (Å²) in [6.07, 6.45) is 1.87. The molecular formula is C18H21N5OS. The van der Waals surface area contributed by atoms with Gasteiger partial charge >= 0.3 is 6.01 Å². The van der Waals surface area contributed by atoms with Gasteiger partial charge in [-0.1, -0.05) is 35.0 Å². The number of aryl methyl sites for hydroxylation is 1. The summed E-state index contributed by atoms with van der Waals surface area (Å²) in [4.78, 5) is 13.6. The number of nitrogens with zero attached hydrogens (tertiary/aromatic N) is 5. The summed E-state index contributed by atoms with van der Waals surface area (Å²) >= 11 is 1.72. The molecule has 1 aliphatic rings. The van der Waals surface area contributed by atoms with Crippen LogP contribution in [0.2, 0.25) is 0 Å². The lowest BCUT2D eigenvalue weighted by molar-refractivity contribution is 0.194. The van der Waals surface area contributed by atoms with Gasteiger partial charge in [-0.15, -0.1) is 11.3 Å². The highest BCUT2D eigenvalue weighted by molar-refractivity contribution is 7.09. The summed E-state index contributed by atoms with van der Waals surface area (Å²) in [5.41, 5.74) is 2.20. The third kappa shape index (κ3) is 3.43. The predicted molar refractivity (Wildman–Crippen MR) is 98.8 cm³/mol. The van der Waals surface area contributed by atoms with E-state index in [9.17, 15) is 0 Å². The molecule has 25 heavy (non-hydrogen) atoms. The lowest BCUT2D eigenvalue weighted by atomic mass is 10.1. The van der Waals surface area contributed by atoms with Crippen molar-refractivity contribution in [2.24, 2.45) is 0 Å². The lowest BCUT2D eigenvalue weighted by Crippen LogP contribution is -2.47. The summed E-state index contributed by atoms with van der Waals surface area (Å²) in [6, 6.07) is 9.13. The van der Waals surface area contributed by atoms with Crippen molar-refractivity contribution in [3.05, 3.63) is 46.4 Å². The third-order valence-corrected chi connectivity index (χ3v) is 5.61. The molecule has 1 saturated heterocycles. The van der Waals surface area contributed by atoms with E-state index in [4.69, 9.17) is 4.52 Å². The Morgan fingerprint density at radius 3 is 2.56 bits per heavy atom. The molecule has 0 amide bonds. The van der Waals surface area contributed by atoms with Crippen LogP contribution in [0.25, 0.3) is 11.4 Å². The Hall–Kier alpha value is -2.25. The van der Waals surface area contributed by atoms with Crippen molar-refractivity contribution in [3.63, 3.8) is 0 Å². The van der Waals surface area contributed by atoms with Crippen molar-refractivity contribution >= 4 is 17.4 Å². The maximum absolute atomic E-state index is 5.49.